The minimum Gasteiger partial charge on any atom is -0.399 e. The number of anilines is 2. The van der Waals surface area contributed by atoms with Gasteiger partial charge in [0.25, 0.3) is 0 Å². The van der Waals surface area contributed by atoms with Gasteiger partial charge in [0.15, 0.2) is 0 Å². The van der Waals surface area contributed by atoms with Gasteiger partial charge in [0.1, 0.15) is 0 Å². The lowest BCUT2D eigenvalue weighted by Gasteiger charge is -2.39. The number of amides is 1. The fourth-order valence-electron chi connectivity index (χ4n) is 2.63. The number of hydrogen-bond donors (Lipinski definition) is 2. The SMILES string of the molecule is COC1(C)CCCN(CC(=O)Nc2cccc(N)c2)C1. The lowest BCUT2D eigenvalue weighted by Crippen LogP contribution is -2.49. The van der Waals surface area contributed by atoms with Gasteiger partial charge in [-0.2, -0.15) is 0 Å². The molecular formula is C15H23N3O2. The van der Waals surface area contributed by atoms with Crippen molar-refractivity contribution < 1.29 is 9.53 Å². The van der Waals surface area contributed by atoms with Crippen LogP contribution in [-0.2, 0) is 9.53 Å². The first-order chi connectivity index (χ1) is 9.50. The zero-order valence-corrected chi connectivity index (χ0v) is 12.2. The number of rotatable bonds is 4. The van der Waals surface area contributed by atoms with Crippen LogP contribution in [0.1, 0.15) is 19.8 Å². The van der Waals surface area contributed by atoms with E-state index in [1.807, 2.05) is 12.1 Å². The second-order valence-corrected chi connectivity index (χ2v) is 5.64. The third-order valence-electron chi connectivity index (χ3n) is 3.77. The number of likely N-dealkylation sites (tertiary alicyclic amines) is 1. The van der Waals surface area contributed by atoms with Crippen LogP contribution in [-0.4, -0.2) is 43.2 Å². The van der Waals surface area contributed by atoms with E-state index in [1.165, 1.54) is 0 Å². The Morgan fingerprint density at radius 3 is 3.05 bits per heavy atom. The van der Waals surface area contributed by atoms with Crippen molar-refractivity contribution in [3.63, 3.8) is 0 Å². The predicted octanol–water partition coefficient (Wildman–Crippen LogP) is 1.71. The highest BCUT2D eigenvalue weighted by atomic mass is 16.5. The molecule has 1 aliphatic heterocycles. The number of ether oxygens (including phenoxy) is 1. The second kappa shape index (κ2) is 6.24. The van der Waals surface area contributed by atoms with Crippen molar-refractivity contribution in [3.05, 3.63) is 24.3 Å². The van der Waals surface area contributed by atoms with E-state index in [0.717, 1.165) is 31.6 Å². The van der Waals surface area contributed by atoms with Crippen LogP contribution in [0.2, 0.25) is 0 Å². The number of nitrogens with zero attached hydrogens (tertiary/aromatic N) is 1. The molecule has 1 unspecified atom stereocenters. The van der Waals surface area contributed by atoms with E-state index >= 15 is 0 Å². The summed E-state index contributed by atoms with van der Waals surface area (Å²) in [7, 11) is 1.73. The molecule has 1 heterocycles. The largest absolute Gasteiger partial charge is 0.399 e. The summed E-state index contributed by atoms with van der Waals surface area (Å²) < 4.78 is 5.53. The van der Waals surface area contributed by atoms with E-state index in [9.17, 15) is 4.79 Å². The van der Waals surface area contributed by atoms with Crippen molar-refractivity contribution in [3.8, 4) is 0 Å². The van der Waals surface area contributed by atoms with Crippen molar-refractivity contribution in [2.75, 3.05) is 37.8 Å². The summed E-state index contributed by atoms with van der Waals surface area (Å²) in [6.45, 7) is 4.19. The molecule has 0 saturated carbocycles. The molecule has 1 aromatic rings. The molecule has 5 heteroatoms. The van der Waals surface area contributed by atoms with E-state index in [2.05, 4.69) is 17.1 Å². The van der Waals surface area contributed by atoms with Crippen molar-refractivity contribution >= 4 is 17.3 Å². The van der Waals surface area contributed by atoms with Crippen LogP contribution in [0.3, 0.4) is 0 Å². The number of piperidine rings is 1. The minimum absolute atomic E-state index is 0.0176. The average Bonchev–Trinajstić information content (AvgIpc) is 2.38. The highest BCUT2D eigenvalue weighted by Crippen LogP contribution is 2.23. The quantitative estimate of drug-likeness (QED) is 0.822. The number of methoxy groups -OCH3 is 1. The molecule has 1 aliphatic rings. The Labute approximate surface area is 120 Å². The Bertz CT molecular complexity index is 478. The molecule has 0 aromatic heterocycles. The first kappa shape index (κ1) is 14.8. The van der Waals surface area contributed by atoms with Crippen LogP contribution in [0.15, 0.2) is 24.3 Å². The van der Waals surface area contributed by atoms with Gasteiger partial charge in [-0.1, -0.05) is 6.07 Å². The Morgan fingerprint density at radius 2 is 2.35 bits per heavy atom. The zero-order chi connectivity index (χ0) is 14.6. The fourth-order valence-corrected chi connectivity index (χ4v) is 2.63. The molecule has 1 atom stereocenters. The van der Waals surface area contributed by atoms with Gasteiger partial charge >= 0.3 is 0 Å². The van der Waals surface area contributed by atoms with Gasteiger partial charge in [0, 0.05) is 25.0 Å². The Morgan fingerprint density at radius 1 is 1.55 bits per heavy atom. The highest BCUT2D eigenvalue weighted by Gasteiger charge is 2.31. The molecule has 1 saturated heterocycles. The van der Waals surface area contributed by atoms with E-state index in [1.54, 1.807) is 19.2 Å². The number of benzene rings is 1. The highest BCUT2D eigenvalue weighted by molar-refractivity contribution is 5.92. The summed E-state index contributed by atoms with van der Waals surface area (Å²) in [5, 5.41) is 2.87. The molecule has 20 heavy (non-hydrogen) atoms. The summed E-state index contributed by atoms with van der Waals surface area (Å²) >= 11 is 0. The van der Waals surface area contributed by atoms with Gasteiger partial charge in [-0.3, -0.25) is 9.69 Å². The molecule has 2 rings (SSSR count). The number of carbonyl (C=O) groups excluding carboxylic acids is 1. The van der Waals surface area contributed by atoms with E-state index in [4.69, 9.17) is 10.5 Å². The molecule has 110 valence electrons. The minimum atomic E-state index is -0.143. The molecule has 5 nitrogen and oxygen atoms in total. The van der Waals surface area contributed by atoms with Crippen LogP contribution in [0.4, 0.5) is 11.4 Å². The molecule has 1 fully saturated rings. The van der Waals surface area contributed by atoms with Gasteiger partial charge in [0.2, 0.25) is 5.91 Å². The van der Waals surface area contributed by atoms with Crippen molar-refractivity contribution in [2.24, 2.45) is 0 Å². The van der Waals surface area contributed by atoms with Gasteiger partial charge in [-0.25, -0.2) is 0 Å². The second-order valence-electron chi connectivity index (χ2n) is 5.64. The number of carbonyl (C=O) groups is 1. The molecule has 0 spiro atoms. The maximum atomic E-state index is 12.1. The maximum Gasteiger partial charge on any atom is 0.238 e. The molecular weight excluding hydrogens is 254 g/mol. The molecule has 0 radical (unpaired) electrons. The van der Waals surface area contributed by atoms with Crippen molar-refractivity contribution in [1.29, 1.82) is 0 Å². The maximum absolute atomic E-state index is 12.1. The van der Waals surface area contributed by atoms with E-state index in [0.29, 0.717) is 12.2 Å². The van der Waals surface area contributed by atoms with Gasteiger partial charge in [-0.15, -0.1) is 0 Å². The number of nitrogen functional groups attached to an aromatic ring is 1. The van der Waals surface area contributed by atoms with Crippen LogP contribution in [0, 0.1) is 0 Å². The summed E-state index contributed by atoms with van der Waals surface area (Å²) in [4.78, 5) is 14.2. The monoisotopic (exact) mass is 277 g/mol. The normalized spacial score (nSPS) is 23.5. The van der Waals surface area contributed by atoms with Crippen LogP contribution >= 0.6 is 0 Å². The lowest BCUT2D eigenvalue weighted by molar-refractivity contribution is -0.119. The average molecular weight is 277 g/mol. The molecule has 1 aromatic carbocycles. The summed E-state index contributed by atoms with van der Waals surface area (Å²) in [5.74, 6) is -0.0176. The third-order valence-corrected chi connectivity index (χ3v) is 3.77. The number of hydrogen-bond acceptors (Lipinski definition) is 4. The number of nitrogens with one attached hydrogen (secondary N) is 1. The van der Waals surface area contributed by atoms with E-state index < -0.39 is 0 Å². The Hall–Kier alpha value is -1.59. The summed E-state index contributed by atoms with van der Waals surface area (Å²) in [6, 6.07) is 7.22. The van der Waals surface area contributed by atoms with E-state index in [-0.39, 0.29) is 11.5 Å². The third kappa shape index (κ3) is 3.95. The first-order valence-electron chi connectivity index (χ1n) is 6.94. The molecule has 3 N–H and O–H groups in total. The summed E-state index contributed by atoms with van der Waals surface area (Å²) in [6.07, 6.45) is 2.09. The van der Waals surface area contributed by atoms with Gasteiger partial charge in [0.05, 0.1) is 12.1 Å². The molecule has 0 bridgehead atoms. The van der Waals surface area contributed by atoms with Gasteiger partial charge in [-0.05, 0) is 44.5 Å². The Kier molecular flexibility index (Phi) is 4.62. The smallest absolute Gasteiger partial charge is 0.238 e. The van der Waals surface area contributed by atoms with Crippen LogP contribution in [0.5, 0.6) is 0 Å². The zero-order valence-electron chi connectivity index (χ0n) is 12.2. The predicted molar refractivity (Wildman–Crippen MR) is 80.6 cm³/mol. The Balaban J connectivity index is 1.88. The first-order valence-corrected chi connectivity index (χ1v) is 6.94. The van der Waals surface area contributed by atoms with Gasteiger partial charge < -0.3 is 15.8 Å². The standard InChI is InChI=1S/C15H23N3O2/c1-15(20-2)7-4-8-18(11-15)10-14(19)17-13-6-3-5-12(16)9-13/h3,5-6,9H,4,7-8,10-11,16H2,1-2H3,(H,17,19). The van der Waals surface area contributed by atoms with Crippen LogP contribution < -0.4 is 11.1 Å². The lowest BCUT2D eigenvalue weighted by atomic mass is 9.95. The molecule has 0 aliphatic carbocycles. The topological polar surface area (TPSA) is 67.6 Å². The molecule has 1 amide bonds. The fraction of sp³-hybridized carbons (Fsp3) is 0.533. The summed E-state index contributed by atoms with van der Waals surface area (Å²) in [5.41, 5.74) is 6.93. The van der Waals surface area contributed by atoms with Crippen molar-refractivity contribution in [1.82, 2.24) is 4.90 Å². The number of nitrogens with two attached hydrogens (primary N) is 1. The van der Waals surface area contributed by atoms with Crippen LogP contribution in [0.25, 0.3) is 0 Å². The van der Waals surface area contributed by atoms with Crippen molar-refractivity contribution in [2.45, 2.75) is 25.4 Å².